The number of aliphatic imine (C=N–C) groups is 1. The normalized spacial score (nSPS) is 18.2. The third-order valence-corrected chi connectivity index (χ3v) is 5.25. The predicted molar refractivity (Wildman–Crippen MR) is 98.9 cm³/mol. The molecular weight excluding hydrogens is 322 g/mol. The molecule has 0 bridgehead atoms. The van der Waals surface area contributed by atoms with Gasteiger partial charge in [0, 0.05) is 30.4 Å². The topological polar surface area (TPSA) is 58.0 Å². The highest BCUT2D eigenvalue weighted by molar-refractivity contribution is 7.07. The van der Waals surface area contributed by atoms with Gasteiger partial charge in [0.1, 0.15) is 5.75 Å². The van der Waals surface area contributed by atoms with Crippen molar-refractivity contribution in [2.75, 3.05) is 25.1 Å². The molecule has 1 saturated heterocycles. The summed E-state index contributed by atoms with van der Waals surface area (Å²) in [7, 11) is 1.65. The quantitative estimate of drug-likeness (QED) is 0.913. The minimum Gasteiger partial charge on any atom is -0.503 e. The number of hydrogen-bond acceptors (Lipinski definition) is 6. The van der Waals surface area contributed by atoms with Crippen molar-refractivity contribution in [2.45, 2.75) is 19.3 Å². The van der Waals surface area contributed by atoms with Crippen LogP contribution in [-0.2, 0) is 0 Å². The van der Waals surface area contributed by atoms with E-state index >= 15 is 0 Å². The number of benzene rings is 1. The minimum absolute atomic E-state index is 0.277. The van der Waals surface area contributed by atoms with E-state index in [2.05, 4.69) is 14.3 Å². The second kappa shape index (κ2) is 6.28. The summed E-state index contributed by atoms with van der Waals surface area (Å²) < 4.78 is 9.77. The van der Waals surface area contributed by atoms with Crippen LogP contribution in [0.5, 0.6) is 11.5 Å². The van der Waals surface area contributed by atoms with Gasteiger partial charge in [-0.2, -0.15) is 4.37 Å². The molecule has 0 atom stereocenters. The number of hydrogen-bond donors (Lipinski definition) is 1. The number of ether oxygens (including phenoxy) is 1. The van der Waals surface area contributed by atoms with Crippen LogP contribution in [0.3, 0.4) is 0 Å². The van der Waals surface area contributed by atoms with E-state index in [4.69, 9.17) is 4.74 Å². The predicted octanol–water partition coefficient (Wildman–Crippen LogP) is 4.10. The van der Waals surface area contributed by atoms with E-state index < -0.39 is 0 Å². The fourth-order valence-corrected chi connectivity index (χ4v) is 3.89. The Labute approximate surface area is 145 Å². The Morgan fingerprint density at radius 1 is 1.25 bits per heavy atom. The number of fused-ring (bicyclic) bond motifs is 1. The largest absolute Gasteiger partial charge is 0.503 e. The number of aromatic hydroxyl groups is 1. The van der Waals surface area contributed by atoms with Crippen molar-refractivity contribution in [3.8, 4) is 11.5 Å². The first-order valence-corrected chi connectivity index (χ1v) is 8.91. The average Bonchev–Trinajstić information content (AvgIpc) is 3.20. The number of rotatable bonds is 3. The van der Waals surface area contributed by atoms with Gasteiger partial charge in [-0.1, -0.05) is 0 Å². The molecule has 6 heteroatoms. The van der Waals surface area contributed by atoms with Crippen molar-refractivity contribution in [1.29, 1.82) is 0 Å². The number of allylic oxidation sites excluding steroid dienone is 1. The molecule has 0 amide bonds. The summed E-state index contributed by atoms with van der Waals surface area (Å²) in [4.78, 5) is 7.37. The van der Waals surface area contributed by atoms with Crippen molar-refractivity contribution in [3.63, 3.8) is 0 Å². The molecule has 1 aromatic carbocycles. The summed E-state index contributed by atoms with van der Waals surface area (Å²) in [6, 6.07) is 5.81. The number of piperidine rings is 1. The molecule has 0 unspecified atom stereocenters. The van der Waals surface area contributed by atoms with E-state index in [0.29, 0.717) is 5.82 Å². The smallest absolute Gasteiger partial charge is 0.185 e. The van der Waals surface area contributed by atoms with Crippen molar-refractivity contribution in [2.24, 2.45) is 4.99 Å². The van der Waals surface area contributed by atoms with Gasteiger partial charge >= 0.3 is 0 Å². The summed E-state index contributed by atoms with van der Waals surface area (Å²) in [6.45, 7) is 1.93. The molecule has 124 valence electrons. The number of nitrogens with zero attached hydrogens (tertiary/aromatic N) is 3. The van der Waals surface area contributed by atoms with Gasteiger partial charge in [0.05, 0.1) is 17.7 Å². The molecule has 0 saturated carbocycles. The van der Waals surface area contributed by atoms with Crippen molar-refractivity contribution >= 4 is 40.9 Å². The maximum Gasteiger partial charge on any atom is 0.185 e. The molecule has 0 aliphatic carbocycles. The highest BCUT2D eigenvalue weighted by Gasteiger charge is 2.21. The highest BCUT2D eigenvalue weighted by Crippen LogP contribution is 2.40. The Bertz CT molecular complexity index is 820. The molecule has 3 heterocycles. The highest BCUT2D eigenvalue weighted by atomic mass is 32.1. The SMILES string of the molecule is COc1ccc2c(c1)/C(=C/c1snc(N3CCCCC3)c1O)C=N2. The van der Waals surface area contributed by atoms with E-state index in [1.807, 2.05) is 30.5 Å². The van der Waals surface area contributed by atoms with Gasteiger partial charge in [-0.25, -0.2) is 0 Å². The second-order valence-electron chi connectivity index (χ2n) is 6.01. The first-order valence-electron chi connectivity index (χ1n) is 8.14. The number of anilines is 1. The van der Waals surface area contributed by atoms with Gasteiger partial charge in [0.2, 0.25) is 0 Å². The van der Waals surface area contributed by atoms with Crippen molar-refractivity contribution in [1.82, 2.24) is 4.37 Å². The minimum atomic E-state index is 0.277. The molecule has 2 aliphatic heterocycles. The van der Waals surface area contributed by atoms with Gasteiger partial charge in [-0.3, -0.25) is 4.99 Å². The van der Waals surface area contributed by atoms with Crippen LogP contribution in [0.1, 0.15) is 29.7 Å². The average molecular weight is 341 g/mol. The van der Waals surface area contributed by atoms with Crippen LogP contribution in [0.2, 0.25) is 0 Å². The zero-order chi connectivity index (χ0) is 16.5. The molecular formula is C18H19N3O2S. The summed E-state index contributed by atoms with van der Waals surface area (Å²) >= 11 is 1.33. The lowest BCUT2D eigenvalue weighted by molar-refractivity contribution is 0.415. The van der Waals surface area contributed by atoms with Gasteiger partial charge in [-0.15, -0.1) is 0 Å². The van der Waals surface area contributed by atoms with E-state index in [1.165, 1.54) is 18.0 Å². The van der Waals surface area contributed by atoms with E-state index in [9.17, 15) is 5.11 Å². The number of aromatic nitrogens is 1. The first kappa shape index (κ1) is 15.2. The Morgan fingerprint density at radius 3 is 2.88 bits per heavy atom. The molecule has 1 aromatic heterocycles. The fraction of sp³-hybridized carbons (Fsp3) is 0.333. The van der Waals surface area contributed by atoms with Crippen LogP contribution in [0, 0.1) is 0 Å². The van der Waals surface area contributed by atoms with Gasteiger partial charge < -0.3 is 14.7 Å². The first-order chi connectivity index (χ1) is 11.8. The number of methoxy groups -OCH3 is 1. The van der Waals surface area contributed by atoms with Crippen LogP contribution in [0.4, 0.5) is 11.5 Å². The van der Waals surface area contributed by atoms with Crippen LogP contribution in [-0.4, -0.2) is 35.9 Å². The maximum atomic E-state index is 10.6. The lowest BCUT2D eigenvalue weighted by Crippen LogP contribution is -2.29. The molecule has 1 fully saturated rings. The molecule has 5 nitrogen and oxygen atoms in total. The monoisotopic (exact) mass is 341 g/mol. The summed E-state index contributed by atoms with van der Waals surface area (Å²) in [5, 5.41) is 10.6. The Morgan fingerprint density at radius 2 is 2.08 bits per heavy atom. The third-order valence-electron chi connectivity index (χ3n) is 4.48. The van der Waals surface area contributed by atoms with Crippen LogP contribution >= 0.6 is 11.5 Å². The second-order valence-corrected chi connectivity index (χ2v) is 6.81. The van der Waals surface area contributed by atoms with Gasteiger partial charge in [0.15, 0.2) is 11.6 Å². The van der Waals surface area contributed by atoms with Crippen molar-refractivity contribution < 1.29 is 9.84 Å². The third kappa shape index (κ3) is 2.67. The van der Waals surface area contributed by atoms with Crippen LogP contribution in [0.25, 0.3) is 11.6 Å². The van der Waals surface area contributed by atoms with Gasteiger partial charge in [-0.05, 0) is 55.1 Å². The Kier molecular flexibility index (Phi) is 3.98. The van der Waals surface area contributed by atoms with Crippen LogP contribution < -0.4 is 9.64 Å². The van der Waals surface area contributed by atoms with E-state index in [0.717, 1.165) is 53.4 Å². The van der Waals surface area contributed by atoms with Crippen LogP contribution in [0.15, 0.2) is 23.2 Å². The molecule has 4 rings (SSSR count). The molecule has 24 heavy (non-hydrogen) atoms. The summed E-state index contributed by atoms with van der Waals surface area (Å²) in [5.74, 6) is 1.79. The molecule has 2 aromatic rings. The lowest BCUT2D eigenvalue weighted by Gasteiger charge is -2.26. The van der Waals surface area contributed by atoms with Crippen molar-refractivity contribution in [3.05, 3.63) is 28.6 Å². The lowest BCUT2D eigenvalue weighted by atomic mass is 10.1. The van der Waals surface area contributed by atoms with Gasteiger partial charge in [0.25, 0.3) is 0 Å². The standard InChI is InChI=1S/C18H19N3O2S/c1-23-13-5-6-15-14(10-13)12(11-19-15)9-16-17(22)18(20-24-16)21-7-3-2-4-8-21/h5-6,9-11,22H,2-4,7-8H2,1H3/b12-9+. The fourth-order valence-electron chi connectivity index (χ4n) is 3.15. The molecule has 0 radical (unpaired) electrons. The Balaban J connectivity index is 1.66. The molecule has 2 aliphatic rings. The zero-order valence-electron chi connectivity index (χ0n) is 13.5. The summed E-state index contributed by atoms with van der Waals surface area (Å²) in [5.41, 5.74) is 2.90. The molecule has 0 spiro atoms. The maximum absolute atomic E-state index is 10.6. The van der Waals surface area contributed by atoms with E-state index in [1.54, 1.807) is 7.11 Å². The summed E-state index contributed by atoms with van der Waals surface area (Å²) in [6.07, 6.45) is 7.35. The molecule has 1 N–H and O–H groups in total. The Hall–Kier alpha value is -2.34. The van der Waals surface area contributed by atoms with E-state index in [-0.39, 0.29) is 5.75 Å². The zero-order valence-corrected chi connectivity index (χ0v) is 14.3.